The van der Waals surface area contributed by atoms with Gasteiger partial charge in [-0.1, -0.05) is 43.4 Å². The van der Waals surface area contributed by atoms with Gasteiger partial charge in [-0.25, -0.2) is 0 Å². The van der Waals surface area contributed by atoms with Crippen LogP contribution < -0.4 is 4.74 Å². The number of aliphatic hydroxyl groups excluding tert-OH is 1. The van der Waals surface area contributed by atoms with E-state index in [1.165, 1.54) is 25.7 Å². The fourth-order valence-electron chi connectivity index (χ4n) is 2.65. The summed E-state index contributed by atoms with van der Waals surface area (Å²) in [5.41, 5.74) is 0.851. The molecule has 0 amide bonds. The zero-order valence-corrected chi connectivity index (χ0v) is 10.9. The van der Waals surface area contributed by atoms with Gasteiger partial charge in [-0.2, -0.15) is 0 Å². The first-order valence-corrected chi connectivity index (χ1v) is 6.60. The summed E-state index contributed by atoms with van der Waals surface area (Å²) in [6.45, 7) is 0. The third-order valence-corrected chi connectivity index (χ3v) is 3.82. The zero-order chi connectivity index (χ0) is 12.3. The van der Waals surface area contributed by atoms with E-state index in [2.05, 4.69) is 0 Å². The second-order valence-corrected chi connectivity index (χ2v) is 5.22. The molecule has 1 atom stereocenters. The summed E-state index contributed by atoms with van der Waals surface area (Å²) in [5.74, 6) is 1.34. The molecule has 3 heteroatoms. The minimum atomic E-state index is -0.440. The standard InChI is InChI=1S/C14H19ClO2/c1-17-14-9-11(15)6-7-12(14)13(16)8-10-4-2-3-5-10/h6-7,9-10,13,16H,2-5,8H2,1H3. The summed E-state index contributed by atoms with van der Waals surface area (Å²) in [6, 6.07) is 5.42. The average molecular weight is 255 g/mol. The minimum Gasteiger partial charge on any atom is -0.496 e. The van der Waals surface area contributed by atoms with Crippen molar-refractivity contribution in [2.75, 3.05) is 7.11 Å². The van der Waals surface area contributed by atoms with Crippen molar-refractivity contribution in [3.05, 3.63) is 28.8 Å². The first kappa shape index (κ1) is 12.7. The molecule has 0 spiro atoms. The van der Waals surface area contributed by atoms with E-state index in [-0.39, 0.29) is 0 Å². The van der Waals surface area contributed by atoms with E-state index >= 15 is 0 Å². The Balaban J connectivity index is 2.09. The lowest BCUT2D eigenvalue weighted by molar-refractivity contribution is 0.141. The Hall–Kier alpha value is -0.730. The van der Waals surface area contributed by atoms with Crippen molar-refractivity contribution >= 4 is 11.6 Å². The van der Waals surface area contributed by atoms with Crippen LogP contribution in [0.15, 0.2) is 18.2 Å². The van der Waals surface area contributed by atoms with Gasteiger partial charge in [-0.3, -0.25) is 0 Å². The summed E-state index contributed by atoms with van der Waals surface area (Å²) in [5, 5.41) is 10.9. The number of hydrogen-bond donors (Lipinski definition) is 1. The summed E-state index contributed by atoms with van der Waals surface area (Å²) >= 11 is 5.91. The molecule has 1 fully saturated rings. The van der Waals surface area contributed by atoms with Crippen LogP contribution in [-0.4, -0.2) is 12.2 Å². The molecule has 1 aliphatic rings. The van der Waals surface area contributed by atoms with Gasteiger partial charge in [0.05, 0.1) is 13.2 Å². The maximum Gasteiger partial charge on any atom is 0.126 e. The van der Waals surface area contributed by atoms with Crippen LogP contribution >= 0.6 is 11.6 Å². The lowest BCUT2D eigenvalue weighted by Gasteiger charge is -2.18. The predicted octanol–water partition coefficient (Wildman–Crippen LogP) is 3.96. The Morgan fingerprint density at radius 3 is 2.76 bits per heavy atom. The average Bonchev–Trinajstić information content (AvgIpc) is 2.81. The van der Waals surface area contributed by atoms with E-state index in [9.17, 15) is 5.11 Å². The van der Waals surface area contributed by atoms with E-state index in [1.54, 1.807) is 19.2 Å². The van der Waals surface area contributed by atoms with Crippen LogP contribution in [0.5, 0.6) is 5.75 Å². The zero-order valence-electron chi connectivity index (χ0n) is 10.2. The Bertz CT molecular complexity index is 372. The summed E-state index contributed by atoms with van der Waals surface area (Å²) in [6.07, 6.45) is 5.48. The Labute approximate surface area is 108 Å². The molecule has 1 N–H and O–H groups in total. The molecule has 2 nitrogen and oxygen atoms in total. The Morgan fingerprint density at radius 2 is 2.12 bits per heavy atom. The molecule has 1 aromatic carbocycles. The van der Waals surface area contributed by atoms with Crippen LogP contribution in [0.2, 0.25) is 5.02 Å². The normalized spacial score (nSPS) is 18.3. The highest BCUT2D eigenvalue weighted by Crippen LogP contribution is 2.36. The van der Waals surface area contributed by atoms with Crippen molar-refractivity contribution in [1.82, 2.24) is 0 Å². The molecule has 1 aromatic rings. The maximum atomic E-state index is 10.3. The largest absolute Gasteiger partial charge is 0.496 e. The van der Waals surface area contributed by atoms with Crippen LogP contribution in [0.3, 0.4) is 0 Å². The predicted molar refractivity (Wildman–Crippen MR) is 69.5 cm³/mol. The Morgan fingerprint density at radius 1 is 1.41 bits per heavy atom. The van der Waals surface area contributed by atoms with Gasteiger partial charge in [0, 0.05) is 10.6 Å². The molecular formula is C14H19ClO2. The molecule has 0 aliphatic heterocycles. The maximum absolute atomic E-state index is 10.3. The Kier molecular flexibility index (Phi) is 4.30. The van der Waals surface area contributed by atoms with Gasteiger partial charge >= 0.3 is 0 Å². The molecule has 0 radical (unpaired) electrons. The molecule has 0 bridgehead atoms. The van der Waals surface area contributed by atoms with Gasteiger partial charge in [0.25, 0.3) is 0 Å². The van der Waals surface area contributed by atoms with Crippen LogP contribution in [0.4, 0.5) is 0 Å². The van der Waals surface area contributed by atoms with E-state index in [4.69, 9.17) is 16.3 Å². The molecule has 2 rings (SSSR count). The second kappa shape index (κ2) is 5.74. The minimum absolute atomic E-state index is 0.440. The second-order valence-electron chi connectivity index (χ2n) is 4.79. The summed E-state index contributed by atoms with van der Waals surface area (Å²) < 4.78 is 5.27. The van der Waals surface area contributed by atoms with E-state index in [0.717, 1.165) is 12.0 Å². The van der Waals surface area contributed by atoms with Crippen molar-refractivity contribution in [2.24, 2.45) is 5.92 Å². The third-order valence-electron chi connectivity index (χ3n) is 3.59. The number of rotatable bonds is 4. The smallest absolute Gasteiger partial charge is 0.126 e. The topological polar surface area (TPSA) is 29.5 Å². The van der Waals surface area contributed by atoms with Crippen molar-refractivity contribution in [3.8, 4) is 5.75 Å². The van der Waals surface area contributed by atoms with Gasteiger partial charge in [-0.15, -0.1) is 0 Å². The van der Waals surface area contributed by atoms with Crippen LogP contribution in [0, 0.1) is 5.92 Å². The molecule has 1 unspecified atom stereocenters. The molecule has 0 heterocycles. The fourth-order valence-corrected chi connectivity index (χ4v) is 2.81. The first-order chi connectivity index (χ1) is 8.20. The fraction of sp³-hybridized carbons (Fsp3) is 0.571. The van der Waals surface area contributed by atoms with E-state index < -0.39 is 6.10 Å². The SMILES string of the molecule is COc1cc(Cl)ccc1C(O)CC1CCCC1. The van der Waals surface area contributed by atoms with E-state index in [0.29, 0.717) is 16.7 Å². The summed E-state index contributed by atoms with van der Waals surface area (Å²) in [4.78, 5) is 0. The van der Waals surface area contributed by atoms with Crippen molar-refractivity contribution in [1.29, 1.82) is 0 Å². The van der Waals surface area contributed by atoms with Gasteiger partial charge in [0.1, 0.15) is 5.75 Å². The van der Waals surface area contributed by atoms with Gasteiger partial charge in [0.15, 0.2) is 0 Å². The number of hydrogen-bond acceptors (Lipinski definition) is 2. The molecule has 1 saturated carbocycles. The van der Waals surface area contributed by atoms with Crippen LogP contribution in [-0.2, 0) is 0 Å². The highest BCUT2D eigenvalue weighted by molar-refractivity contribution is 6.30. The first-order valence-electron chi connectivity index (χ1n) is 6.22. The number of ether oxygens (including phenoxy) is 1. The lowest BCUT2D eigenvalue weighted by Crippen LogP contribution is -2.06. The molecule has 0 aromatic heterocycles. The highest BCUT2D eigenvalue weighted by atomic mass is 35.5. The van der Waals surface area contributed by atoms with E-state index in [1.807, 2.05) is 6.07 Å². The van der Waals surface area contributed by atoms with Gasteiger partial charge < -0.3 is 9.84 Å². The molecule has 0 saturated heterocycles. The third kappa shape index (κ3) is 3.14. The van der Waals surface area contributed by atoms with Crippen LogP contribution in [0.1, 0.15) is 43.8 Å². The lowest BCUT2D eigenvalue weighted by atomic mass is 9.95. The van der Waals surface area contributed by atoms with Crippen molar-refractivity contribution in [3.63, 3.8) is 0 Å². The quantitative estimate of drug-likeness (QED) is 0.881. The van der Waals surface area contributed by atoms with Crippen molar-refractivity contribution < 1.29 is 9.84 Å². The highest BCUT2D eigenvalue weighted by Gasteiger charge is 2.21. The summed E-state index contributed by atoms with van der Waals surface area (Å²) in [7, 11) is 1.61. The molecular weight excluding hydrogens is 236 g/mol. The number of benzene rings is 1. The van der Waals surface area contributed by atoms with Gasteiger partial charge in [-0.05, 0) is 24.5 Å². The molecule has 17 heavy (non-hydrogen) atoms. The number of halogens is 1. The monoisotopic (exact) mass is 254 g/mol. The van der Waals surface area contributed by atoms with Crippen molar-refractivity contribution in [2.45, 2.75) is 38.2 Å². The molecule has 1 aliphatic carbocycles. The number of aliphatic hydroxyl groups is 1. The number of methoxy groups -OCH3 is 1. The van der Waals surface area contributed by atoms with Gasteiger partial charge in [0.2, 0.25) is 0 Å². The molecule has 94 valence electrons. The van der Waals surface area contributed by atoms with Crippen LogP contribution in [0.25, 0.3) is 0 Å².